The fraction of sp³-hybridized carbons (Fsp3) is 0.556. The second-order valence-electron chi connectivity index (χ2n) is 3.68. The van der Waals surface area contributed by atoms with E-state index in [9.17, 15) is 13.2 Å². The molecule has 0 N–H and O–H groups in total. The molecule has 17 heavy (non-hydrogen) atoms. The molecule has 1 amide bonds. The normalized spacial score (nSPS) is 16.3. The van der Waals surface area contributed by atoms with E-state index in [4.69, 9.17) is 0 Å². The van der Waals surface area contributed by atoms with Crippen molar-refractivity contribution in [2.45, 2.75) is 29.5 Å². The first kappa shape index (κ1) is 12.3. The number of rotatable bonds is 3. The van der Waals surface area contributed by atoms with Crippen LogP contribution in [0.25, 0.3) is 0 Å². The maximum absolute atomic E-state index is 12.2. The molecule has 0 bridgehead atoms. The summed E-state index contributed by atoms with van der Waals surface area (Å²) in [5.41, 5.74) is 1.42. The molecule has 1 aromatic heterocycles. The summed E-state index contributed by atoms with van der Waals surface area (Å²) in [5.74, 6) is 0. The standard InChI is InChI=1S/C9H12N2O4S2/c1-15-9(12)11(7-3-2-4-7)17(13,14)8-5-10-6-16-8/h5-7H,2-4H2,1H3. The van der Waals surface area contributed by atoms with Gasteiger partial charge in [0.2, 0.25) is 0 Å². The number of carbonyl (C=O) groups is 1. The van der Waals surface area contributed by atoms with E-state index in [-0.39, 0.29) is 10.3 Å². The molecule has 1 saturated carbocycles. The van der Waals surface area contributed by atoms with Gasteiger partial charge in [-0.05, 0) is 19.3 Å². The van der Waals surface area contributed by atoms with Crippen molar-refractivity contribution in [3.63, 3.8) is 0 Å². The van der Waals surface area contributed by atoms with Gasteiger partial charge in [-0.1, -0.05) is 0 Å². The highest BCUT2D eigenvalue weighted by Crippen LogP contribution is 2.31. The Balaban J connectivity index is 2.35. The summed E-state index contributed by atoms with van der Waals surface area (Å²) in [6, 6.07) is -0.283. The number of sulfonamides is 1. The molecule has 1 fully saturated rings. The fourth-order valence-corrected chi connectivity index (χ4v) is 4.05. The van der Waals surface area contributed by atoms with Gasteiger partial charge in [-0.3, -0.25) is 4.98 Å². The topological polar surface area (TPSA) is 76.6 Å². The van der Waals surface area contributed by atoms with Gasteiger partial charge in [0.05, 0.1) is 24.9 Å². The molecule has 0 unspecified atom stereocenters. The first-order valence-corrected chi connectivity index (χ1v) is 7.40. The molecule has 0 saturated heterocycles. The molecule has 0 radical (unpaired) electrons. The van der Waals surface area contributed by atoms with Crippen molar-refractivity contribution in [1.29, 1.82) is 0 Å². The second-order valence-corrected chi connectivity index (χ2v) is 6.60. The van der Waals surface area contributed by atoms with Gasteiger partial charge >= 0.3 is 6.09 Å². The Morgan fingerprint density at radius 1 is 1.59 bits per heavy atom. The lowest BCUT2D eigenvalue weighted by Crippen LogP contribution is -2.47. The molecule has 6 nitrogen and oxygen atoms in total. The molecule has 0 atom stereocenters. The van der Waals surface area contributed by atoms with Crippen LogP contribution in [0.4, 0.5) is 4.79 Å². The number of methoxy groups -OCH3 is 1. The highest BCUT2D eigenvalue weighted by Gasteiger charge is 2.40. The maximum Gasteiger partial charge on any atom is 0.423 e. The van der Waals surface area contributed by atoms with Gasteiger partial charge in [-0.25, -0.2) is 4.79 Å². The predicted molar refractivity (Wildman–Crippen MR) is 61.2 cm³/mol. The number of thiazole rings is 1. The summed E-state index contributed by atoms with van der Waals surface area (Å²) < 4.78 is 29.9. The van der Waals surface area contributed by atoms with Crippen LogP contribution < -0.4 is 0 Å². The van der Waals surface area contributed by atoms with E-state index in [1.807, 2.05) is 0 Å². The number of nitrogens with zero attached hydrogens (tertiary/aromatic N) is 2. The smallest absolute Gasteiger partial charge is 0.423 e. The highest BCUT2D eigenvalue weighted by molar-refractivity contribution is 7.91. The number of ether oxygens (including phenoxy) is 1. The summed E-state index contributed by atoms with van der Waals surface area (Å²) in [7, 11) is -2.64. The second kappa shape index (κ2) is 4.61. The molecule has 1 aliphatic rings. The Morgan fingerprint density at radius 2 is 2.29 bits per heavy atom. The fourth-order valence-electron chi connectivity index (χ4n) is 1.58. The third-order valence-corrected chi connectivity index (χ3v) is 5.75. The number of aromatic nitrogens is 1. The van der Waals surface area contributed by atoms with Crippen LogP contribution in [0, 0.1) is 0 Å². The Labute approximate surface area is 103 Å². The average molecular weight is 276 g/mol. The van der Waals surface area contributed by atoms with Crippen LogP contribution in [0.3, 0.4) is 0 Å². The van der Waals surface area contributed by atoms with Gasteiger partial charge in [0.1, 0.15) is 0 Å². The number of carbonyl (C=O) groups excluding carboxylic acids is 1. The zero-order valence-corrected chi connectivity index (χ0v) is 10.8. The minimum atomic E-state index is -3.81. The predicted octanol–water partition coefficient (Wildman–Crippen LogP) is 1.45. The highest BCUT2D eigenvalue weighted by atomic mass is 32.2. The maximum atomic E-state index is 12.2. The lowest BCUT2D eigenvalue weighted by atomic mass is 9.93. The van der Waals surface area contributed by atoms with E-state index in [0.29, 0.717) is 12.8 Å². The van der Waals surface area contributed by atoms with Crippen LogP contribution in [-0.2, 0) is 14.8 Å². The van der Waals surface area contributed by atoms with E-state index in [1.165, 1.54) is 18.8 Å². The number of hydrogen-bond donors (Lipinski definition) is 0. The molecular weight excluding hydrogens is 264 g/mol. The van der Waals surface area contributed by atoms with E-state index < -0.39 is 16.1 Å². The largest absolute Gasteiger partial charge is 0.452 e. The van der Waals surface area contributed by atoms with Crippen LogP contribution in [-0.4, -0.2) is 37.0 Å². The van der Waals surface area contributed by atoms with Gasteiger partial charge in [0.15, 0.2) is 4.21 Å². The minimum absolute atomic E-state index is 0.0646. The number of hydrogen-bond acceptors (Lipinski definition) is 6. The van der Waals surface area contributed by atoms with Gasteiger partial charge in [-0.2, -0.15) is 12.7 Å². The summed E-state index contributed by atoms with van der Waals surface area (Å²) in [6.07, 6.45) is 2.72. The molecule has 0 aromatic carbocycles. The van der Waals surface area contributed by atoms with Crippen molar-refractivity contribution < 1.29 is 17.9 Å². The lowest BCUT2D eigenvalue weighted by Gasteiger charge is -2.34. The molecule has 8 heteroatoms. The molecule has 1 heterocycles. The van der Waals surface area contributed by atoms with Gasteiger partial charge in [0, 0.05) is 0 Å². The van der Waals surface area contributed by atoms with E-state index in [2.05, 4.69) is 9.72 Å². The van der Waals surface area contributed by atoms with Crippen LogP contribution >= 0.6 is 11.3 Å². The third kappa shape index (κ3) is 2.14. The van der Waals surface area contributed by atoms with Crippen molar-refractivity contribution in [2.24, 2.45) is 0 Å². The number of amides is 1. The molecule has 0 spiro atoms. The van der Waals surface area contributed by atoms with Crippen molar-refractivity contribution in [1.82, 2.24) is 9.29 Å². The van der Waals surface area contributed by atoms with Crippen molar-refractivity contribution in [3.05, 3.63) is 11.7 Å². The average Bonchev–Trinajstić information content (AvgIpc) is 2.75. The van der Waals surface area contributed by atoms with Crippen LogP contribution in [0.5, 0.6) is 0 Å². The summed E-state index contributed by atoms with van der Waals surface area (Å²) in [6.45, 7) is 0. The molecule has 0 aliphatic heterocycles. The zero-order valence-electron chi connectivity index (χ0n) is 9.20. The molecule has 1 aliphatic carbocycles. The van der Waals surface area contributed by atoms with Crippen molar-refractivity contribution in [2.75, 3.05) is 7.11 Å². The van der Waals surface area contributed by atoms with Crippen LogP contribution in [0.1, 0.15) is 19.3 Å². The Hall–Kier alpha value is -1.15. The van der Waals surface area contributed by atoms with Gasteiger partial charge in [-0.15, -0.1) is 11.3 Å². The van der Waals surface area contributed by atoms with Crippen LogP contribution in [0.15, 0.2) is 15.9 Å². The Bertz CT molecular complexity index is 493. The third-order valence-electron chi connectivity index (χ3n) is 2.68. The SMILES string of the molecule is COC(=O)N(C1CCC1)S(=O)(=O)c1cncs1. The minimum Gasteiger partial charge on any atom is -0.452 e. The first-order valence-electron chi connectivity index (χ1n) is 5.08. The lowest BCUT2D eigenvalue weighted by molar-refractivity contribution is 0.123. The molecule has 2 rings (SSSR count). The van der Waals surface area contributed by atoms with Gasteiger partial charge < -0.3 is 4.74 Å². The summed E-state index contributed by atoms with van der Waals surface area (Å²) >= 11 is 0.990. The van der Waals surface area contributed by atoms with E-state index in [1.54, 1.807) is 0 Å². The Morgan fingerprint density at radius 3 is 2.71 bits per heavy atom. The van der Waals surface area contributed by atoms with Crippen molar-refractivity contribution >= 4 is 27.5 Å². The van der Waals surface area contributed by atoms with Crippen molar-refractivity contribution in [3.8, 4) is 0 Å². The van der Waals surface area contributed by atoms with E-state index in [0.717, 1.165) is 22.1 Å². The summed E-state index contributed by atoms with van der Waals surface area (Å²) in [5, 5.41) is 0. The molecular formula is C9H12N2O4S2. The zero-order chi connectivity index (χ0) is 12.5. The van der Waals surface area contributed by atoms with Crippen LogP contribution in [0.2, 0.25) is 0 Å². The van der Waals surface area contributed by atoms with Gasteiger partial charge in [0.25, 0.3) is 10.0 Å². The molecule has 94 valence electrons. The first-order chi connectivity index (χ1) is 8.07. The Kier molecular flexibility index (Phi) is 3.34. The quantitative estimate of drug-likeness (QED) is 0.835. The monoisotopic (exact) mass is 276 g/mol. The molecule has 1 aromatic rings. The van der Waals surface area contributed by atoms with E-state index >= 15 is 0 Å². The summed E-state index contributed by atoms with van der Waals surface area (Å²) in [4.78, 5) is 15.3.